The van der Waals surface area contributed by atoms with Crippen LogP contribution < -0.4 is 4.74 Å². The maximum Gasteiger partial charge on any atom is 0.342 e. The van der Waals surface area contributed by atoms with Gasteiger partial charge in [0.2, 0.25) is 5.78 Å². The minimum Gasteiger partial charge on any atom is -0.507 e. The van der Waals surface area contributed by atoms with Gasteiger partial charge in [0.25, 0.3) is 0 Å². The lowest BCUT2D eigenvalue weighted by Crippen LogP contribution is -2.15. The number of fused-ring (bicyclic) bond motifs is 1. The number of hydrogen-bond donors (Lipinski definition) is 2. The fourth-order valence-corrected chi connectivity index (χ4v) is 2.72. The number of hydrogen-bond acceptors (Lipinski definition) is 5. The Bertz CT molecular complexity index is 958. The third kappa shape index (κ3) is 3.19. The number of rotatable bonds is 5. The molecule has 0 fully saturated rings. The molecule has 0 amide bonds. The zero-order chi connectivity index (χ0) is 18.0. The quantitative estimate of drug-likeness (QED) is 0.550. The minimum absolute atomic E-state index is 0.0530. The van der Waals surface area contributed by atoms with Gasteiger partial charge in [0.15, 0.2) is 6.61 Å². The van der Waals surface area contributed by atoms with E-state index in [0.717, 1.165) is 10.9 Å². The van der Waals surface area contributed by atoms with Crippen molar-refractivity contribution in [1.29, 1.82) is 0 Å². The van der Waals surface area contributed by atoms with Crippen LogP contribution in [0.5, 0.6) is 11.5 Å². The van der Waals surface area contributed by atoms with E-state index >= 15 is 0 Å². The van der Waals surface area contributed by atoms with Gasteiger partial charge in [-0.05, 0) is 31.2 Å². The van der Waals surface area contributed by atoms with Crippen LogP contribution in [0.2, 0.25) is 0 Å². The topological polar surface area (TPSA) is 88.6 Å². The van der Waals surface area contributed by atoms with Gasteiger partial charge in [0.1, 0.15) is 17.1 Å². The predicted octanol–water partition coefficient (Wildman–Crippen LogP) is 3.23. The Balaban J connectivity index is 1.78. The van der Waals surface area contributed by atoms with Gasteiger partial charge in [0.05, 0.1) is 7.11 Å². The summed E-state index contributed by atoms with van der Waals surface area (Å²) in [6, 6.07) is 11.6. The lowest BCUT2D eigenvalue weighted by Gasteiger charge is -2.08. The minimum atomic E-state index is -0.790. The summed E-state index contributed by atoms with van der Waals surface area (Å²) in [5, 5.41) is 10.6. The average molecular weight is 339 g/mol. The number of nitrogens with one attached hydrogen (secondary N) is 1. The summed E-state index contributed by atoms with van der Waals surface area (Å²) >= 11 is 0. The number of ketones is 1. The molecule has 25 heavy (non-hydrogen) atoms. The second-order valence-electron chi connectivity index (χ2n) is 5.55. The molecular weight excluding hydrogens is 322 g/mol. The number of para-hydroxylation sites is 1. The maximum atomic E-state index is 12.5. The molecule has 6 heteroatoms. The second kappa shape index (κ2) is 6.68. The third-order valence-corrected chi connectivity index (χ3v) is 3.93. The molecule has 1 aromatic heterocycles. The van der Waals surface area contributed by atoms with E-state index in [1.54, 1.807) is 6.92 Å². The maximum absolute atomic E-state index is 12.5. The molecule has 0 aliphatic carbocycles. The highest BCUT2D eigenvalue weighted by Gasteiger charge is 2.19. The van der Waals surface area contributed by atoms with Crippen molar-refractivity contribution in [2.24, 2.45) is 0 Å². The molecule has 3 aromatic rings. The Labute approximate surface area is 144 Å². The van der Waals surface area contributed by atoms with Crippen LogP contribution in [0, 0.1) is 6.92 Å². The summed E-state index contributed by atoms with van der Waals surface area (Å²) in [6.07, 6.45) is 0. The Morgan fingerprint density at radius 3 is 2.68 bits per heavy atom. The van der Waals surface area contributed by atoms with E-state index in [0.29, 0.717) is 17.0 Å². The Morgan fingerprint density at radius 2 is 1.92 bits per heavy atom. The number of phenolic OH excluding ortho intramolecular Hbond substituents is 1. The summed E-state index contributed by atoms with van der Waals surface area (Å²) in [5.74, 6) is -0.932. The van der Waals surface area contributed by atoms with Gasteiger partial charge in [0, 0.05) is 22.2 Å². The Hall–Kier alpha value is -3.28. The molecule has 6 nitrogen and oxygen atoms in total. The van der Waals surface area contributed by atoms with Crippen molar-refractivity contribution in [1.82, 2.24) is 4.98 Å². The number of esters is 1. The van der Waals surface area contributed by atoms with Gasteiger partial charge in [-0.3, -0.25) is 4.79 Å². The first-order valence-electron chi connectivity index (χ1n) is 7.66. The van der Waals surface area contributed by atoms with E-state index < -0.39 is 12.6 Å². The van der Waals surface area contributed by atoms with Crippen LogP contribution in [0.3, 0.4) is 0 Å². The molecule has 0 saturated heterocycles. The van der Waals surface area contributed by atoms with Crippen LogP contribution >= 0.6 is 0 Å². The van der Waals surface area contributed by atoms with Crippen LogP contribution in [-0.4, -0.2) is 35.6 Å². The molecule has 128 valence electrons. The van der Waals surface area contributed by atoms with Crippen LogP contribution in [-0.2, 0) is 4.74 Å². The summed E-state index contributed by atoms with van der Waals surface area (Å²) in [6.45, 7) is 1.38. The molecule has 0 radical (unpaired) electrons. The molecule has 0 aliphatic heterocycles. The highest BCUT2D eigenvalue weighted by atomic mass is 16.5. The van der Waals surface area contributed by atoms with Crippen molar-refractivity contribution in [2.75, 3.05) is 13.7 Å². The van der Waals surface area contributed by atoms with Crippen molar-refractivity contribution in [2.45, 2.75) is 6.92 Å². The Kier molecular flexibility index (Phi) is 4.43. The molecule has 3 rings (SSSR count). The van der Waals surface area contributed by atoms with Gasteiger partial charge in [-0.2, -0.15) is 0 Å². The SMILES string of the molecule is COc1ccc(O)c(C(=O)OCC(=O)c2c(C)[nH]c3ccccc23)c1. The number of Topliss-reactive ketones (excluding diaryl/α,β-unsaturated/α-hetero) is 1. The highest BCUT2D eigenvalue weighted by molar-refractivity contribution is 6.10. The molecular formula is C19H17NO5. The number of carbonyl (C=O) groups is 2. The monoisotopic (exact) mass is 339 g/mol. The fraction of sp³-hybridized carbons (Fsp3) is 0.158. The number of H-pyrrole nitrogens is 1. The van der Waals surface area contributed by atoms with E-state index in [-0.39, 0.29) is 17.1 Å². The summed E-state index contributed by atoms with van der Waals surface area (Å²) in [4.78, 5) is 27.8. The van der Waals surface area contributed by atoms with Crippen LogP contribution in [0.25, 0.3) is 10.9 Å². The number of methoxy groups -OCH3 is 1. The van der Waals surface area contributed by atoms with E-state index in [1.165, 1.54) is 25.3 Å². The average Bonchev–Trinajstić information content (AvgIpc) is 2.95. The molecule has 2 aromatic carbocycles. The smallest absolute Gasteiger partial charge is 0.342 e. The molecule has 1 heterocycles. The number of aromatic nitrogens is 1. The molecule has 0 atom stereocenters. The Morgan fingerprint density at radius 1 is 1.16 bits per heavy atom. The van der Waals surface area contributed by atoms with Crippen molar-refractivity contribution in [3.05, 3.63) is 59.3 Å². The zero-order valence-corrected chi connectivity index (χ0v) is 13.8. The van der Waals surface area contributed by atoms with E-state index in [1.807, 2.05) is 24.3 Å². The number of benzene rings is 2. The normalized spacial score (nSPS) is 10.6. The van der Waals surface area contributed by atoms with Gasteiger partial charge >= 0.3 is 5.97 Å². The lowest BCUT2D eigenvalue weighted by molar-refractivity contribution is 0.0471. The number of aryl methyl sites for hydroxylation is 1. The second-order valence-corrected chi connectivity index (χ2v) is 5.55. The van der Waals surface area contributed by atoms with Crippen molar-refractivity contribution < 1.29 is 24.2 Å². The third-order valence-electron chi connectivity index (χ3n) is 3.93. The van der Waals surface area contributed by atoms with Gasteiger partial charge < -0.3 is 19.6 Å². The van der Waals surface area contributed by atoms with Gasteiger partial charge in [-0.1, -0.05) is 18.2 Å². The molecule has 0 unspecified atom stereocenters. The summed E-state index contributed by atoms with van der Waals surface area (Å²) in [7, 11) is 1.45. The molecule has 0 bridgehead atoms. The summed E-state index contributed by atoms with van der Waals surface area (Å²) in [5.41, 5.74) is 2.01. The van der Waals surface area contributed by atoms with E-state index in [2.05, 4.69) is 4.98 Å². The van der Waals surface area contributed by atoms with Crippen molar-refractivity contribution in [3.8, 4) is 11.5 Å². The highest BCUT2D eigenvalue weighted by Crippen LogP contribution is 2.25. The van der Waals surface area contributed by atoms with Crippen LogP contribution in [0.1, 0.15) is 26.4 Å². The number of aromatic amines is 1. The number of aromatic hydroxyl groups is 1. The molecule has 0 spiro atoms. The van der Waals surface area contributed by atoms with Crippen molar-refractivity contribution in [3.63, 3.8) is 0 Å². The first kappa shape index (κ1) is 16.6. The number of ether oxygens (including phenoxy) is 2. The zero-order valence-electron chi connectivity index (χ0n) is 13.8. The first-order chi connectivity index (χ1) is 12.0. The van der Waals surface area contributed by atoms with Crippen molar-refractivity contribution >= 4 is 22.7 Å². The number of carbonyl (C=O) groups excluding carboxylic acids is 2. The molecule has 0 saturated carbocycles. The van der Waals surface area contributed by atoms with E-state index in [4.69, 9.17) is 9.47 Å². The lowest BCUT2D eigenvalue weighted by atomic mass is 10.1. The summed E-state index contributed by atoms with van der Waals surface area (Å²) < 4.78 is 10.1. The van der Waals surface area contributed by atoms with Gasteiger partial charge in [-0.25, -0.2) is 4.79 Å². The standard InChI is InChI=1S/C19H17NO5/c1-11-18(13-5-3-4-6-15(13)20-11)17(22)10-25-19(23)14-9-12(24-2)7-8-16(14)21/h3-9,20-21H,10H2,1-2H3. The van der Waals surface area contributed by atoms with Gasteiger partial charge in [-0.15, -0.1) is 0 Å². The fourth-order valence-electron chi connectivity index (χ4n) is 2.72. The molecule has 0 aliphatic rings. The first-order valence-corrected chi connectivity index (χ1v) is 7.66. The largest absolute Gasteiger partial charge is 0.507 e. The van der Waals surface area contributed by atoms with Crippen LogP contribution in [0.15, 0.2) is 42.5 Å². The number of phenols is 1. The van der Waals surface area contributed by atoms with E-state index in [9.17, 15) is 14.7 Å². The van der Waals surface area contributed by atoms with Crippen LogP contribution in [0.4, 0.5) is 0 Å². The molecule has 2 N–H and O–H groups in total. The predicted molar refractivity (Wildman–Crippen MR) is 92.3 cm³/mol.